The summed E-state index contributed by atoms with van der Waals surface area (Å²) in [4.78, 5) is 0. The van der Waals surface area contributed by atoms with Crippen LogP contribution < -0.4 is 5.32 Å². The Labute approximate surface area is 104 Å². The summed E-state index contributed by atoms with van der Waals surface area (Å²) in [5, 5.41) is 3.85. The topological polar surface area (TPSA) is 30.5 Å². The second-order valence-electron chi connectivity index (χ2n) is 6.11. The average molecular weight is 239 g/mol. The van der Waals surface area contributed by atoms with Crippen molar-refractivity contribution in [3.05, 3.63) is 0 Å². The molecule has 2 aliphatic carbocycles. The molecule has 98 valence electrons. The van der Waals surface area contributed by atoms with E-state index in [-0.39, 0.29) is 5.60 Å². The van der Waals surface area contributed by atoms with Gasteiger partial charge in [-0.15, -0.1) is 0 Å². The van der Waals surface area contributed by atoms with Gasteiger partial charge in [0.25, 0.3) is 0 Å². The van der Waals surface area contributed by atoms with E-state index in [4.69, 9.17) is 9.47 Å². The van der Waals surface area contributed by atoms with Gasteiger partial charge in [0.05, 0.1) is 11.7 Å². The minimum Gasteiger partial charge on any atom is -0.381 e. The van der Waals surface area contributed by atoms with Crippen molar-refractivity contribution in [1.82, 2.24) is 5.32 Å². The fourth-order valence-electron chi connectivity index (χ4n) is 3.73. The van der Waals surface area contributed by atoms with E-state index in [1.54, 1.807) is 0 Å². The average Bonchev–Trinajstić information content (AvgIpc) is 2.75. The first-order valence-electron chi connectivity index (χ1n) is 7.22. The molecular weight excluding hydrogens is 214 g/mol. The van der Waals surface area contributed by atoms with Gasteiger partial charge in [-0.3, -0.25) is 0 Å². The molecule has 17 heavy (non-hydrogen) atoms. The van der Waals surface area contributed by atoms with Crippen molar-refractivity contribution in [3.63, 3.8) is 0 Å². The highest BCUT2D eigenvalue weighted by Crippen LogP contribution is 2.42. The maximum absolute atomic E-state index is 5.97. The minimum atomic E-state index is 0.273. The molecule has 1 saturated heterocycles. The Bertz CT molecular complexity index is 265. The number of rotatable bonds is 3. The standard InChI is InChI=1S/C14H25NO2/c1-16-13-4-3-11(9-13)15-12-5-8-17-14(10-12)6-2-7-14/h11-13,15H,2-10H2,1H3. The van der Waals surface area contributed by atoms with Gasteiger partial charge in [0.15, 0.2) is 0 Å². The quantitative estimate of drug-likeness (QED) is 0.819. The van der Waals surface area contributed by atoms with Crippen LogP contribution >= 0.6 is 0 Å². The first-order chi connectivity index (χ1) is 8.30. The second kappa shape index (κ2) is 4.87. The van der Waals surface area contributed by atoms with E-state index in [0.717, 1.165) is 6.61 Å². The van der Waals surface area contributed by atoms with Crippen molar-refractivity contribution in [2.75, 3.05) is 13.7 Å². The van der Waals surface area contributed by atoms with Gasteiger partial charge < -0.3 is 14.8 Å². The van der Waals surface area contributed by atoms with E-state index in [9.17, 15) is 0 Å². The lowest BCUT2D eigenvalue weighted by Gasteiger charge is -2.47. The molecule has 0 amide bonds. The normalized spacial score (nSPS) is 40.4. The van der Waals surface area contributed by atoms with Crippen LogP contribution in [-0.2, 0) is 9.47 Å². The van der Waals surface area contributed by atoms with Crippen molar-refractivity contribution in [2.24, 2.45) is 0 Å². The van der Waals surface area contributed by atoms with E-state index in [0.29, 0.717) is 18.2 Å². The molecule has 1 aliphatic heterocycles. The largest absolute Gasteiger partial charge is 0.381 e. The molecule has 0 radical (unpaired) electrons. The Morgan fingerprint density at radius 1 is 1.18 bits per heavy atom. The molecular formula is C14H25NO2. The summed E-state index contributed by atoms with van der Waals surface area (Å²) >= 11 is 0. The Morgan fingerprint density at radius 3 is 2.71 bits per heavy atom. The molecule has 0 aromatic rings. The molecule has 3 aliphatic rings. The van der Waals surface area contributed by atoms with Gasteiger partial charge in [-0.05, 0) is 51.4 Å². The summed E-state index contributed by atoms with van der Waals surface area (Å²) in [7, 11) is 1.84. The lowest BCUT2D eigenvalue weighted by Crippen LogP contribution is -2.52. The van der Waals surface area contributed by atoms with Gasteiger partial charge in [0.2, 0.25) is 0 Å². The number of hydrogen-bond acceptors (Lipinski definition) is 3. The fourth-order valence-corrected chi connectivity index (χ4v) is 3.73. The van der Waals surface area contributed by atoms with E-state index in [2.05, 4.69) is 5.32 Å². The van der Waals surface area contributed by atoms with Crippen LogP contribution in [0, 0.1) is 0 Å². The molecule has 1 N–H and O–H groups in total. The molecule has 0 aromatic heterocycles. The molecule has 1 heterocycles. The molecule has 3 atom stereocenters. The van der Waals surface area contributed by atoms with Gasteiger partial charge in [-0.1, -0.05) is 0 Å². The van der Waals surface area contributed by atoms with Gasteiger partial charge in [-0.25, -0.2) is 0 Å². The molecule has 3 unspecified atom stereocenters. The van der Waals surface area contributed by atoms with Crippen LogP contribution in [0.1, 0.15) is 51.4 Å². The summed E-state index contributed by atoms with van der Waals surface area (Å²) in [6.07, 6.45) is 10.6. The highest BCUT2D eigenvalue weighted by molar-refractivity contribution is 4.97. The molecule has 0 aromatic carbocycles. The first kappa shape index (κ1) is 11.9. The second-order valence-corrected chi connectivity index (χ2v) is 6.11. The zero-order chi connectivity index (χ0) is 11.7. The van der Waals surface area contributed by atoms with Crippen LogP contribution in [0.3, 0.4) is 0 Å². The lowest BCUT2D eigenvalue weighted by molar-refractivity contribution is -0.136. The Morgan fingerprint density at radius 2 is 2.06 bits per heavy atom. The van der Waals surface area contributed by atoms with E-state index < -0.39 is 0 Å². The molecule has 2 saturated carbocycles. The summed E-state index contributed by atoms with van der Waals surface area (Å²) in [6.45, 7) is 0.956. The van der Waals surface area contributed by atoms with Crippen LogP contribution in [-0.4, -0.2) is 37.5 Å². The predicted octanol–water partition coefficient (Wildman–Crippen LogP) is 2.25. The minimum absolute atomic E-state index is 0.273. The molecule has 1 spiro atoms. The van der Waals surface area contributed by atoms with Crippen molar-refractivity contribution < 1.29 is 9.47 Å². The third-order valence-corrected chi connectivity index (χ3v) is 4.95. The zero-order valence-corrected chi connectivity index (χ0v) is 10.9. The number of nitrogens with one attached hydrogen (secondary N) is 1. The third-order valence-electron chi connectivity index (χ3n) is 4.95. The predicted molar refractivity (Wildman–Crippen MR) is 67.1 cm³/mol. The smallest absolute Gasteiger partial charge is 0.0697 e. The maximum atomic E-state index is 5.97. The van der Waals surface area contributed by atoms with Crippen molar-refractivity contribution in [3.8, 4) is 0 Å². The summed E-state index contributed by atoms with van der Waals surface area (Å²) in [6, 6.07) is 1.37. The number of hydrogen-bond donors (Lipinski definition) is 1. The van der Waals surface area contributed by atoms with Gasteiger partial charge >= 0.3 is 0 Å². The Balaban J connectivity index is 1.48. The molecule has 3 nitrogen and oxygen atoms in total. The Kier molecular flexibility index (Phi) is 3.42. The van der Waals surface area contributed by atoms with E-state index >= 15 is 0 Å². The van der Waals surface area contributed by atoms with Crippen LogP contribution in [0.5, 0.6) is 0 Å². The van der Waals surface area contributed by atoms with Gasteiger partial charge in [0.1, 0.15) is 0 Å². The SMILES string of the molecule is COC1CCC(NC2CCOC3(CCC3)C2)C1. The van der Waals surface area contributed by atoms with Crippen LogP contribution in [0.15, 0.2) is 0 Å². The van der Waals surface area contributed by atoms with E-state index in [1.165, 1.54) is 51.4 Å². The third kappa shape index (κ3) is 2.51. The number of methoxy groups -OCH3 is 1. The van der Waals surface area contributed by atoms with Crippen LogP contribution in [0.25, 0.3) is 0 Å². The van der Waals surface area contributed by atoms with Crippen molar-refractivity contribution >= 4 is 0 Å². The van der Waals surface area contributed by atoms with Gasteiger partial charge in [0, 0.05) is 25.8 Å². The van der Waals surface area contributed by atoms with E-state index in [1.807, 2.05) is 7.11 Å². The molecule has 3 fully saturated rings. The molecule has 0 bridgehead atoms. The van der Waals surface area contributed by atoms with Gasteiger partial charge in [-0.2, -0.15) is 0 Å². The summed E-state index contributed by atoms with van der Waals surface area (Å²) < 4.78 is 11.4. The van der Waals surface area contributed by atoms with Crippen molar-refractivity contribution in [2.45, 2.75) is 75.2 Å². The Hall–Kier alpha value is -0.120. The maximum Gasteiger partial charge on any atom is 0.0697 e. The zero-order valence-electron chi connectivity index (χ0n) is 10.9. The fraction of sp³-hybridized carbons (Fsp3) is 1.00. The summed E-state index contributed by atoms with van der Waals surface area (Å²) in [5.41, 5.74) is 0.273. The highest BCUT2D eigenvalue weighted by Gasteiger charge is 2.43. The molecule has 3 heteroatoms. The molecule has 3 rings (SSSR count). The first-order valence-corrected chi connectivity index (χ1v) is 7.22. The van der Waals surface area contributed by atoms with Crippen LogP contribution in [0.2, 0.25) is 0 Å². The van der Waals surface area contributed by atoms with Crippen LogP contribution in [0.4, 0.5) is 0 Å². The number of ether oxygens (including phenoxy) is 2. The highest BCUT2D eigenvalue weighted by atomic mass is 16.5. The van der Waals surface area contributed by atoms with Crippen molar-refractivity contribution in [1.29, 1.82) is 0 Å². The summed E-state index contributed by atoms with van der Waals surface area (Å²) in [5.74, 6) is 0. The lowest BCUT2D eigenvalue weighted by atomic mass is 9.74. The monoisotopic (exact) mass is 239 g/mol.